The minimum atomic E-state index is -1.29. The largest absolute Gasteiger partial charge is 0.322 e. The van der Waals surface area contributed by atoms with E-state index in [1.807, 2.05) is 0 Å². The Morgan fingerprint density at radius 1 is 1.28 bits per heavy atom. The number of carbonyl (C=O) groups is 1. The van der Waals surface area contributed by atoms with Crippen molar-refractivity contribution in [3.63, 3.8) is 0 Å². The minimum Gasteiger partial charge on any atom is -0.322 e. The molecule has 0 fully saturated rings. The first-order valence-corrected chi connectivity index (χ1v) is 5.74. The monoisotopic (exact) mass is 312 g/mol. The molecule has 18 heavy (non-hydrogen) atoms. The van der Waals surface area contributed by atoms with Gasteiger partial charge in [-0.1, -0.05) is 22.0 Å². The van der Waals surface area contributed by atoms with E-state index in [0.717, 1.165) is 16.7 Å². The molecule has 2 rings (SSSR count). The van der Waals surface area contributed by atoms with Crippen LogP contribution in [0.4, 0.5) is 14.5 Å². The van der Waals surface area contributed by atoms with Crippen molar-refractivity contribution in [2.75, 3.05) is 5.32 Å². The third kappa shape index (κ3) is 2.70. The van der Waals surface area contributed by atoms with Gasteiger partial charge in [0.1, 0.15) is 0 Å². The smallest absolute Gasteiger partial charge is 0.258 e. The van der Waals surface area contributed by atoms with Crippen LogP contribution in [0.3, 0.4) is 0 Å². The van der Waals surface area contributed by atoms with E-state index in [-0.39, 0.29) is 5.56 Å². The van der Waals surface area contributed by atoms with E-state index in [1.54, 1.807) is 24.3 Å². The number of nitrogens with one attached hydrogen (secondary N) is 1. The lowest BCUT2D eigenvalue weighted by molar-refractivity contribution is 0.102. The van der Waals surface area contributed by atoms with Crippen molar-refractivity contribution < 1.29 is 13.6 Å². The second-order valence-electron chi connectivity index (χ2n) is 3.43. The van der Waals surface area contributed by atoms with Crippen molar-refractivity contribution >= 4 is 27.5 Å². The molecular weight excluding hydrogens is 306 g/mol. The maximum atomic E-state index is 13.3. The lowest BCUT2D eigenvalue weighted by Gasteiger charge is -2.06. The van der Waals surface area contributed by atoms with Gasteiger partial charge >= 0.3 is 0 Å². The van der Waals surface area contributed by atoms with E-state index in [0.29, 0.717) is 5.69 Å². The van der Waals surface area contributed by atoms with Crippen molar-refractivity contribution in [2.24, 2.45) is 0 Å². The molecule has 0 aliphatic rings. The Bertz CT molecular complexity index is 604. The Hall–Kier alpha value is -1.82. The average molecular weight is 313 g/mol. The van der Waals surface area contributed by atoms with Gasteiger partial charge in [0.15, 0.2) is 5.82 Å². The van der Waals surface area contributed by atoms with Gasteiger partial charge in [-0.25, -0.2) is 9.37 Å². The third-order valence-corrected chi connectivity index (χ3v) is 2.67. The van der Waals surface area contributed by atoms with Gasteiger partial charge in [0, 0.05) is 16.4 Å². The van der Waals surface area contributed by atoms with Crippen LogP contribution in [0.5, 0.6) is 0 Å². The molecule has 6 heteroatoms. The van der Waals surface area contributed by atoms with Crippen LogP contribution in [0.1, 0.15) is 10.4 Å². The van der Waals surface area contributed by atoms with Crippen molar-refractivity contribution in [2.45, 2.75) is 0 Å². The molecule has 0 atom stereocenters. The van der Waals surface area contributed by atoms with Crippen molar-refractivity contribution in [1.29, 1.82) is 0 Å². The van der Waals surface area contributed by atoms with Gasteiger partial charge in [0.25, 0.3) is 5.91 Å². The zero-order valence-electron chi connectivity index (χ0n) is 8.95. The number of amides is 1. The Morgan fingerprint density at radius 3 is 2.78 bits per heavy atom. The lowest BCUT2D eigenvalue weighted by Crippen LogP contribution is -2.15. The van der Waals surface area contributed by atoms with E-state index in [4.69, 9.17) is 0 Å². The van der Waals surface area contributed by atoms with Gasteiger partial charge < -0.3 is 5.32 Å². The van der Waals surface area contributed by atoms with Crippen molar-refractivity contribution in [1.82, 2.24) is 4.98 Å². The molecule has 0 bridgehead atoms. The molecule has 2 aromatic rings. The minimum absolute atomic E-state index is 0.387. The molecule has 1 N–H and O–H groups in total. The van der Waals surface area contributed by atoms with Crippen LogP contribution in [0.15, 0.2) is 41.0 Å². The summed E-state index contributed by atoms with van der Waals surface area (Å²) in [6, 6.07) is 7.89. The molecule has 1 aromatic heterocycles. The Labute approximate surface area is 110 Å². The maximum Gasteiger partial charge on any atom is 0.258 e. The molecule has 1 amide bonds. The predicted molar refractivity (Wildman–Crippen MR) is 66.2 cm³/mol. The second kappa shape index (κ2) is 5.22. The van der Waals surface area contributed by atoms with Crippen LogP contribution in [-0.2, 0) is 0 Å². The molecule has 0 radical (unpaired) electrons. The molecule has 1 heterocycles. The summed E-state index contributed by atoms with van der Waals surface area (Å²) >= 11 is 3.24. The van der Waals surface area contributed by atoms with E-state index in [2.05, 4.69) is 26.2 Å². The summed E-state index contributed by atoms with van der Waals surface area (Å²) in [5.74, 6) is -3.28. The van der Waals surface area contributed by atoms with Gasteiger partial charge in [0.05, 0.1) is 5.56 Å². The molecule has 1 aromatic carbocycles. The number of halogens is 3. The summed E-state index contributed by atoms with van der Waals surface area (Å²) in [7, 11) is 0. The zero-order chi connectivity index (χ0) is 13.1. The van der Waals surface area contributed by atoms with E-state index in [9.17, 15) is 13.6 Å². The first-order valence-electron chi connectivity index (χ1n) is 4.95. The normalized spacial score (nSPS) is 10.2. The summed E-state index contributed by atoms with van der Waals surface area (Å²) in [6.45, 7) is 0. The molecule has 0 saturated carbocycles. The molecular formula is C12H7BrF2N2O. The number of anilines is 1. The zero-order valence-corrected chi connectivity index (χ0v) is 10.5. The predicted octanol–water partition coefficient (Wildman–Crippen LogP) is 3.37. The third-order valence-electron chi connectivity index (χ3n) is 2.17. The Balaban J connectivity index is 2.25. The van der Waals surface area contributed by atoms with Gasteiger partial charge in [-0.3, -0.25) is 4.79 Å². The first-order chi connectivity index (χ1) is 8.58. The van der Waals surface area contributed by atoms with Crippen LogP contribution in [0, 0.1) is 11.8 Å². The summed E-state index contributed by atoms with van der Waals surface area (Å²) in [5.41, 5.74) is 0.0912. The molecule has 0 spiro atoms. The fraction of sp³-hybridized carbons (Fsp3) is 0. The van der Waals surface area contributed by atoms with E-state index in [1.165, 1.54) is 0 Å². The van der Waals surface area contributed by atoms with E-state index < -0.39 is 17.7 Å². The summed E-state index contributed by atoms with van der Waals surface area (Å²) in [4.78, 5) is 14.9. The molecule has 92 valence electrons. The number of pyridine rings is 1. The highest BCUT2D eigenvalue weighted by Crippen LogP contribution is 2.17. The van der Waals surface area contributed by atoms with Gasteiger partial charge in [-0.2, -0.15) is 4.39 Å². The molecule has 0 aliphatic heterocycles. The van der Waals surface area contributed by atoms with Crippen molar-refractivity contribution in [3.05, 3.63) is 58.3 Å². The first kappa shape index (κ1) is 12.6. The fourth-order valence-corrected chi connectivity index (χ4v) is 1.76. The average Bonchev–Trinajstić information content (AvgIpc) is 2.32. The molecule has 0 aliphatic carbocycles. The van der Waals surface area contributed by atoms with E-state index >= 15 is 0 Å². The molecule has 0 unspecified atom stereocenters. The summed E-state index contributed by atoms with van der Waals surface area (Å²) in [5, 5.41) is 2.46. The maximum absolute atomic E-state index is 13.3. The number of carbonyl (C=O) groups excluding carboxylic acids is 1. The highest BCUT2D eigenvalue weighted by atomic mass is 79.9. The van der Waals surface area contributed by atoms with Crippen LogP contribution >= 0.6 is 15.9 Å². The second-order valence-corrected chi connectivity index (χ2v) is 4.34. The Morgan fingerprint density at radius 2 is 2.06 bits per heavy atom. The number of hydrogen-bond donors (Lipinski definition) is 1. The quantitative estimate of drug-likeness (QED) is 0.864. The SMILES string of the molecule is O=C(Nc1cccc(Br)c1)c1ccnc(F)c1F. The van der Waals surface area contributed by atoms with Crippen LogP contribution in [-0.4, -0.2) is 10.9 Å². The van der Waals surface area contributed by atoms with Crippen LogP contribution in [0.2, 0.25) is 0 Å². The molecule has 0 saturated heterocycles. The highest BCUT2D eigenvalue weighted by Gasteiger charge is 2.16. The fourth-order valence-electron chi connectivity index (χ4n) is 1.36. The Kier molecular flexibility index (Phi) is 3.66. The lowest BCUT2D eigenvalue weighted by atomic mass is 10.2. The highest BCUT2D eigenvalue weighted by molar-refractivity contribution is 9.10. The number of hydrogen-bond acceptors (Lipinski definition) is 2. The molecule has 3 nitrogen and oxygen atoms in total. The summed E-state index contributed by atoms with van der Waals surface area (Å²) in [6.07, 6.45) is 1.04. The van der Waals surface area contributed by atoms with Crippen LogP contribution < -0.4 is 5.32 Å². The van der Waals surface area contributed by atoms with Gasteiger partial charge in [0.2, 0.25) is 5.95 Å². The number of aromatic nitrogens is 1. The topological polar surface area (TPSA) is 42.0 Å². The van der Waals surface area contributed by atoms with Gasteiger partial charge in [-0.05, 0) is 24.3 Å². The number of rotatable bonds is 2. The van der Waals surface area contributed by atoms with Gasteiger partial charge in [-0.15, -0.1) is 0 Å². The standard InChI is InChI=1S/C12H7BrF2N2O/c13-7-2-1-3-8(6-7)17-12(18)9-4-5-16-11(15)10(9)14/h1-6H,(H,17,18). The van der Waals surface area contributed by atoms with Crippen molar-refractivity contribution in [3.8, 4) is 0 Å². The number of benzene rings is 1. The number of nitrogens with zero attached hydrogens (tertiary/aromatic N) is 1. The summed E-state index contributed by atoms with van der Waals surface area (Å²) < 4.78 is 27.0. The van der Waals surface area contributed by atoms with Crippen LogP contribution in [0.25, 0.3) is 0 Å².